The van der Waals surface area contributed by atoms with E-state index in [1.807, 2.05) is 63.2 Å². The van der Waals surface area contributed by atoms with Crippen LogP contribution in [0.4, 0.5) is 11.4 Å². The monoisotopic (exact) mass is 407 g/mol. The number of benzene rings is 2. The second kappa shape index (κ2) is 9.09. The minimum atomic E-state index is -0.497. The van der Waals surface area contributed by atoms with Gasteiger partial charge in [0.1, 0.15) is 5.25 Å². The number of hydrogen-bond donors (Lipinski definition) is 1. The van der Waals surface area contributed by atoms with Crippen LogP contribution in [0.2, 0.25) is 0 Å². The van der Waals surface area contributed by atoms with Crippen LogP contribution in [0.5, 0.6) is 0 Å². The van der Waals surface area contributed by atoms with Gasteiger partial charge in [-0.3, -0.25) is 14.5 Å². The van der Waals surface area contributed by atoms with Crippen molar-refractivity contribution in [1.29, 1.82) is 0 Å². The van der Waals surface area contributed by atoms with Crippen LogP contribution < -0.4 is 5.32 Å². The fraction of sp³-hybridized carbons (Fsp3) is 0.261. The van der Waals surface area contributed by atoms with Crippen LogP contribution in [0.25, 0.3) is 0 Å². The number of anilines is 1. The highest BCUT2D eigenvalue weighted by molar-refractivity contribution is 8.15. The third kappa shape index (κ3) is 5.15. The lowest BCUT2D eigenvalue weighted by Gasteiger charge is -2.14. The highest BCUT2D eigenvalue weighted by atomic mass is 32.2. The third-order valence-corrected chi connectivity index (χ3v) is 5.77. The predicted octanol–water partition coefficient (Wildman–Crippen LogP) is 4.76. The number of nitrogens with one attached hydrogen (secondary N) is 1. The topological polar surface area (TPSA) is 61.8 Å². The van der Waals surface area contributed by atoms with E-state index in [4.69, 9.17) is 0 Å². The summed E-state index contributed by atoms with van der Waals surface area (Å²) in [5.41, 5.74) is 4.73. The molecule has 150 valence electrons. The summed E-state index contributed by atoms with van der Waals surface area (Å²) in [5, 5.41) is 3.04. The molecule has 1 unspecified atom stereocenters. The molecule has 1 atom stereocenters. The molecule has 1 N–H and O–H groups in total. The summed E-state index contributed by atoms with van der Waals surface area (Å²) in [6.07, 6.45) is 1.76. The van der Waals surface area contributed by atoms with Crippen molar-refractivity contribution in [2.45, 2.75) is 32.4 Å². The Labute approximate surface area is 175 Å². The molecule has 0 saturated carbocycles. The van der Waals surface area contributed by atoms with Crippen LogP contribution in [0.3, 0.4) is 0 Å². The van der Waals surface area contributed by atoms with Crippen molar-refractivity contribution in [3.63, 3.8) is 0 Å². The molecule has 0 bridgehead atoms. The SMILES string of the molecule is C=CCN1C(=O)C(CC(=O)Nc2cc(C)ccc2C)SC1=Nc1cccc(C)c1. The van der Waals surface area contributed by atoms with E-state index in [0.717, 1.165) is 28.1 Å². The van der Waals surface area contributed by atoms with Crippen molar-refractivity contribution in [3.8, 4) is 0 Å². The second-order valence-corrected chi connectivity index (χ2v) is 8.32. The molecule has 1 aliphatic rings. The number of amides is 2. The number of carbonyl (C=O) groups is 2. The maximum absolute atomic E-state index is 12.9. The zero-order chi connectivity index (χ0) is 21.0. The highest BCUT2D eigenvalue weighted by Gasteiger charge is 2.38. The van der Waals surface area contributed by atoms with Gasteiger partial charge in [0.05, 0.1) is 5.69 Å². The molecule has 2 aromatic rings. The zero-order valence-corrected chi connectivity index (χ0v) is 17.8. The van der Waals surface area contributed by atoms with Crippen LogP contribution in [0.15, 0.2) is 60.1 Å². The lowest BCUT2D eigenvalue weighted by atomic mass is 10.1. The molecule has 1 saturated heterocycles. The van der Waals surface area contributed by atoms with E-state index in [2.05, 4.69) is 16.9 Å². The number of rotatable bonds is 6. The average molecular weight is 408 g/mol. The van der Waals surface area contributed by atoms with Gasteiger partial charge in [0.25, 0.3) is 0 Å². The maximum Gasteiger partial charge on any atom is 0.242 e. The van der Waals surface area contributed by atoms with Crippen LogP contribution >= 0.6 is 11.8 Å². The lowest BCUT2D eigenvalue weighted by molar-refractivity contribution is -0.127. The average Bonchev–Trinajstić information content (AvgIpc) is 2.94. The quantitative estimate of drug-likeness (QED) is 0.703. The first kappa shape index (κ1) is 20.9. The van der Waals surface area contributed by atoms with E-state index in [9.17, 15) is 9.59 Å². The lowest BCUT2D eigenvalue weighted by Crippen LogP contribution is -2.33. The van der Waals surface area contributed by atoms with Gasteiger partial charge < -0.3 is 5.32 Å². The number of aliphatic imine (C=N–C) groups is 1. The van der Waals surface area contributed by atoms with Crippen molar-refractivity contribution in [1.82, 2.24) is 4.90 Å². The summed E-state index contributed by atoms with van der Waals surface area (Å²) in [7, 11) is 0. The molecule has 29 heavy (non-hydrogen) atoms. The van der Waals surface area contributed by atoms with Crippen LogP contribution in [0, 0.1) is 20.8 Å². The van der Waals surface area contributed by atoms with E-state index in [-0.39, 0.29) is 18.2 Å². The number of thioether (sulfide) groups is 1. The number of amidine groups is 1. The van der Waals surface area contributed by atoms with Crippen molar-refractivity contribution < 1.29 is 9.59 Å². The molecule has 2 aromatic carbocycles. The number of aryl methyl sites for hydroxylation is 3. The van der Waals surface area contributed by atoms with Gasteiger partial charge in [0, 0.05) is 18.7 Å². The highest BCUT2D eigenvalue weighted by Crippen LogP contribution is 2.32. The van der Waals surface area contributed by atoms with Crippen molar-refractivity contribution in [3.05, 3.63) is 71.8 Å². The Bertz CT molecular complexity index is 984. The molecule has 0 spiro atoms. The zero-order valence-electron chi connectivity index (χ0n) is 16.9. The largest absolute Gasteiger partial charge is 0.326 e. The van der Waals surface area contributed by atoms with E-state index in [1.54, 1.807) is 11.0 Å². The van der Waals surface area contributed by atoms with Crippen molar-refractivity contribution >= 4 is 40.1 Å². The molecule has 1 fully saturated rings. The number of hydrogen-bond acceptors (Lipinski definition) is 4. The first-order valence-electron chi connectivity index (χ1n) is 9.49. The predicted molar refractivity (Wildman–Crippen MR) is 121 cm³/mol. The fourth-order valence-corrected chi connectivity index (χ4v) is 4.24. The molecule has 1 aliphatic heterocycles. The Kier molecular flexibility index (Phi) is 6.54. The smallest absolute Gasteiger partial charge is 0.242 e. The molecule has 3 rings (SSSR count). The van der Waals surface area contributed by atoms with Gasteiger partial charge in [-0.2, -0.15) is 0 Å². The third-order valence-electron chi connectivity index (χ3n) is 4.60. The van der Waals surface area contributed by atoms with Gasteiger partial charge in [0.15, 0.2) is 5.17 Å². The van der Waals surface area contributed by atoms with Crippen LogP contribution in [0.1, 0.15) is 23.1 Å². The summed E-state index contributed by atoms with van der Waals surface area (Å²) in [5.74, 6) is -0.294. The standard InChI is InChI=1S/C23H25N3O2S/c1-5-11-26-22(28)20(29-23(26)24-18-8-6-7-15(2)12-18)14-21(27)25-19-13-16(3)9-10-17(19)4/h5-10,12-13,20H,1,11,14H2,2-4H3,(H,25,27). The molecular weight excluding hydrogens is 382 g/mol. The fourth-order valence-electron chi connectivity index (χ4n) is 3.07. The van der Waals surface area contributed by atoms with Crippen molar-refractivity contribution in [2.75, 3.05) is 11.9 Å². The molecule has 6 heteroatoms. The normalized spacial score (nSPS) is 17.6. The Hall–Kier alpha value is -2.86. The van der Waals surface area contributed by atoms with Gasteiger partial charge in [-0.25, -0.2) is 4.99 Å². The van der Waals surface area contributed by atoms with E-state index in [0.29, 0.717) is 11.7 Å². The van der Waals surface area contributed by atoms with Gasteiger partial charge >= 0.3 is 0 Å². The Morgan fingerprint density at radius 3 is 2.69 bits per heavy atom. The first-order chi connectivity index (χ1) is 13.9. The Balaban J connectivity index is 1.76. The van der Waals surface area contributed by atoms with E-state index < -0.39 is 5.25 Å². The molecule has 0 radical (unpaired) electrons. The molecule has 5 nitrogen and oxygen atoms in total. The molecular formula is C23H25N3O2S. The molecule has 1 heterocycles. The molecule has 2 amide bonds. The summed E-state index contributed by atoms with van der Waals surface area (Å²) < 4.78 is 0. The van der Waals surface area contributed by atoms with Gasteiger partial charge in [-0.05, 0) is 55.7 Å². The van der Waals surface area contributed by atoms with Gasteiger partial charge in [-0.15, -0.1) is 6.58 Å². The minimum Gasteiger partial charge on any atom is -0.326 e. The Morgan fingerprint density at radius 2 is 1.97 bits per heavy atom. The van der Waals surface area contributed by atoms with Crippen molar-refractivity contribution in [2.24, 2.45) is 4.99 Å². The van der Waals surface area contributed by atoms with Crippen LogP contribution in [-0.4, -0.2) is 33.7 Å². The van der Waals surface area contributed by atoms with Gasteiger partial charge in [-0.1, -0.05) is 42.1 Å². The summed E-state index contributed by atoms with van der Waals surface area (Å²) in [6.45, 7) is 10.0. The number of carbonyl (C=O) groups excluding carboxylic acids is 2. The van der Waals surface area contributed by atoms with E-state index >= 15 is 0 Å². The maximum atomic E-state index is 12.9. The first-order valence-corrected chi connectivity index (χ1v) is 10.4. The summed E-state index contributed by atoms with van der Waals surface area (Å²) >= 11 is 1.33. The molecule has 0 aliphatic carbocycles. The summed E-state index contributed by atoms with van der Waals surface area (Å²) in [4.78, 5) is 31.7. The minimum absolute atomic E-state index is 0.0946. The number of nitrogens with zero attached hydrogens (tertiary/aromatic N) is 2. The summed E-state index contributed by atoms with van der Waals surface area (Å²) in [6, 6.07) is 13.7. The second-order valence-electron chi connectivity index (χ2n) is 7.15. The van der Waals surface area contributed by atoms with E-state index in [1.165, 1.54) is 11.8 Å². The van der Waals surface area contributed by atoms with Gasteiger partial charge in [0.2, 0.25) is 11.8 Å². The van der Waals surface area contributed by atoms with Crippen LogP contribution in [-0.2, 0) is 9.59 Å². The Morgan fingerprint density at radius 1 is 1.21 bits per heavy atom. The molecule has 0 aromatic heterocycles.